The number of carbonyl (C=O) groups excluding carboxylic acids is 1. The second-order valence-electron chi connectivity index (χ2n) is 7.68. The molecule has 5 nitrogen and oxygen atoms in total. The summed E-state index contributed by atoms with van der Waals surface area (Å²) in [5.74, 6) is 1.89. The highest BCUT2D eigenvalue weighted by Gasteiger charge is 2.28. The summed E-state index contributed by atoms with van der Waals surface area (Å²) >= 11 is 1.60. The van der Waals surface area contributed by atoms with Gasteiger partial charge in [-0.05, 0) is 48.9 Å². The van der Waals surface area contributed by atoms with E-state index in [1.807, 2.05) is 35.2 Å². The Morgan fingerprint density at radius 2 is 1.83 bits per heavy atom. The van der Waals surface area contributed by atoms with Crippen LogP contribution in [0.2, 0.25) is 0 Å². The molecule has 0 saturated carbocycles. The number of ether oxygens (including phenoxy) is 2. The van der Waals surface area contributed by atoms with Crippen LogP contribution in [0.3, 0.4) is 0 Å². The van der Waals surface area contributed by atoms with E-state index in [2.05, 4.69) is 30.0 Å². The highest BCUT2D eigenvalue weighted by atomic mass is 32.1. The molecule has 30 heavy (non-hydrogen) atoms. The van der Waals surface area contributed by atoms with Crippen LogP contribution in [-0.2, 0) is 6.61 Å². The minimum atomic E-state index is 0.124. The van der Waals surface area contributed by atoms with Crippen molar-refractivity contribution in [3.05, 3.63) is 64.5 Å². The molecule has 154 valence electrons. The van der Waals surface area contributed by atoms with Crippen LogP contribution >= 0.6 is 11.3 Å². The summed E-state index contributed by atoms with van der Waals surface area (Å²) < 4.78 is 11.2. The van der Waals surface area contributed by atoms with Gasteiger partial charge >= 0.3 is 0 Å². The number of anilines is 1. The number of hydrogen-bond donors (Lipinski definition) is 0. The third kappa shape index (κ3) is 3.31. The monoisotopic (exact) mass is 420 g/mol. The van der Waals surface area contributed by atoms with E-state index in [4.69, 9.17) is 9.47 Å². The summed E-state index contributed by atoms with van der Waals surface area (Å²) in [7, 11) is 1.67. The molecule has 2 aliphatic rings. The predicted molar refractivity (Wildman–Crippen MR) is 120 cm³/mol. The van der Waals surface area contributed by atoms with E-state index in [-0.39, 0.29) is 5.91 Å². The van der Waals surface area contributed by atoms with Crippen molar-refractivity contribution in [1.82, 2.24) is 4.90 Å². The zero-order chi connectivity index (χ0) is 20.7. The standard InChI is InChI=1S/C24H24N2O3S/c1-16-4-3-5-20-22(16)23-17(15-29-20)14-21(30-23)24(27)26-12-10-25(11-13-26)18-6-8-19(28-2)9-7-18/h3-9,14H,10-13,15H2,1-2H3. The SMILES string of the molecule is COc1ccc(N2CCN(C(=O)c3cc4c(s3)-c3c(C)cccc3OC4)CC2)cc1. The third-order valence-electron chi connectivity index (χ3n) is 5.87. The maximum Gasteiger partial charge on any atom is 0.264 e. The Hall–Kier alpha value is -2.99. The molecule has 0 unspecified atom stereocenters. The summed E-state index contributed by atoms with van der Waals surface area (Å²) in [6.45, 7) is 5.72. The molecule has 2 aliphatic heterocycles. The van der Waals surface area contributed by atoms with Crippen LogP contribution in [0.25, 0.3) is 10.4 Å². The average Bonchev–Trinajstić information content (AvgIpc) is 3.23. The molecule has 0 atom stereocenters. The lowest BCUT2D eigenvalue weighted by Crippen LogP contribution is -2.48. The lowest BCUT2D eigenvalue weighted by Gasteiger charge is -2.36. The smallest absolute Gasteiger partial charge is 0.264 e. The van der Waals surface area contributed by atoms with Crippen molar-refractivity contribution in [3.8, 4) is 21.9 Å². The number of methoxy groups -OCH3 is 1. The normalized spacial score (nSPS) is 15.3. The highest BCUT2D eigenvalue weighted by molar-refractivity contribution is 7.17. The quantitative estimate of drug-likeness (QED) is 0.622. The Morgan fingerprint density at radius 1 is 1.07 bits per heavy atom. The van der Waals surface area contributed by atoms with Gasteiger partial charge in [-0.15, -0.1) is 11.3 Å². The number of benzene rings is 2. The number of thiophene rings is 1. The Morgan fingerprint density at radius 3 is 2.57 bits per heavy atom. The first-order valence-electron chi connectivity index (χ1n) is 10.2. The molecule has 2 aromatic carbocycles. The van der Waals surface area contributed by atoms with Crippen LogP contribution in [0.4, 0.5) is 5.69 Å². The largest absolute Gasteiger partial charge is 0.497 e. The lowest BCUT2D eigenvalue weighted by atomic mass is 10.0. The van der Waals surface area contributed by atoms with Gasteiger partial charge in [0.05, 0.1) is 12.0 Å². The molecule has 1 saturated heterocycles. The van der Waals surface area contributed by atoms with Crippen molar-refractivity contribution in [2.24, 2.45) is 0 Å². The number of nitrogens with zero attached hydrogens (tertiary/aromatic N) is 2. The van der Waals surface area contributed by atoms with Gasteiger partial charge < -0.3 is 19.3 Å². The molecular formula is C24H24N2O3S. The van der Waals surface area contributed by atoms with Crippen molar-refractivity contribution in [2.45, 2.75) is 13.5 Å². The van der Waals surface area contributed by atoms with Crippen LogP contribution in [0.15, 0.2) is 48.5 Å². The number of hydrogen-bond acceptors (Lipinski definition) is 5. The molecule has 0 bridgehead atoms. The Kier molecular flexibility index (Phi) is 4.87. The van der Waals surface area contributed by atoms with Gasteiger partial charge in [-0.2, -0.15) is 0 Å². The minimum absolute atomic E-state index is 0.124. The second-order valence-corrected chi connectivity index (χ2v) is 8.73. The van der Waals surface area contributed by atoms with Gasteiger partial charge in [0.1, 0.15) is 18.1 Å². The van der Waals surface area contributed by atoms with Crippen LogP contribution in [0.5, 0.6) is 11.5 Å². The number of amides is 1. The van der Waals surface area contributed by atoms with Crippen LogP contribution < -0.4 is 14.4 Å². The van der Waals surface area contributed by atoms with Gasteiger partial charge in [0.25, 0.3) is 5.91 Å². The van der Waals surface area contributed by atoms with Gasteiger partial charge in [-0.25, -0.2) is 0 Å². The van der Waals surface area contributed by atoms with E-state index < -0.39 is 0 Å². The predicted octanol–water partition coefficient (Wildman–Crippen LogP) is 4.59. The van der Waals surface area contributed by atoms with E-state index in [9.17, 15) is 4.79 Å². The minimum Gasteiger partial charge on any atom is -0.497 e. The Bertz CT molecular complexity index is 1080. The van der Waals surface area contributed by atoms with Gasteiger partial charge in [0, 0.05) is 47.9 Å². The van der Waals surface area contributed by atoms with E-state index in [0.29, 0.717) is 6.61 Å². The highest BCUT2D eigenvalue weighted by Crippen LogP contribution is 2.44. The summed E-state index contributed by atoms with van der Waals surface area (Å²) in [6, 6.07) is 16.2. The first-order valence-corrected chi connectivity index (χ1v) is 11.0. The summed E-state index contributed by atoms with van der Waals surface area (Å²) in [5, 5.41) is 0. The van der Waals surface area contributed by atoms with Crippen molar-refractivity contribution >= 4 is 22.9 Å². The molecule has 3 heterocycles. The summed E-state index contributed by atoms with van der Waals surface area (Å²) in [6.07, 6.45) is 0. The molecule has 1 fully saturated rings. The third-order valence-corrected chi connectivity index (χ3v) is 7.05. The molecule has 0 N–H and O–H groups in total. The molecule has 0 spiro atoms. The van der Waals surface area contributed by atoms with E-state index in [1.54, 1.807) is 18.4 Å². The van der Waals surface area contributed by atoms with Crippen molar-refractivity contribution in [3.63, 3.8) is 0 Å². The van der Waals surface area contributed by atoms with E-state index in [1.165, 1.54) is 16.1 Å². The van der Waals surface area contributed by atoms with Gasteiger partial charge in [-0.1, -0.05) is 12.1 Å². The number of fused-ring (bicyclic) bond motifs is 3. The Balaban J connectivity index is 1.31. The number of piperazine rings is 1. The lowest BCUT2D eigenvalue weighted by molar-refractivity contribution is 0.0751. The van der Waals surface area contributed by atoms with Crippen molar-refractivity contribution in [1.29, 1.82) is 0 Å². The maximum absolute atomic E-state index is 13.2. The number of aryl methyl sites for hydroxylation is 1. The van der Waals surface area contributed by atoms with Gasteiger partial charge in [0.2, 0.25) is 0 Å². The van der Waals surface area contributed by atoms with Crippen molar-refractivity contribution in [2.75, 3.05) is 38.2 Å². The molecule has 0 radical (unpaired) electrons. The fraction of sp³-hybridized carbons (Fsp3) is 0.292. The zero-order valence-corrected chi connectivity index (χ0v) is 18.0. The maximum atomic E-state index is 13.2. The van der Waals surface area contributed by atoms with Crippen LogP contribution in [0, 0.1) is 6.92 Å². The van der Waals surface area contributed by atoms with E-state index in [0.717, 1.165) is 53.7 Å². The molecule has 6 heteroatoms. The zero-order valence-electron chi connectivity index (χ0n) is 17.2. The van der Waals surface area contributed by atoms with Crippen LogP contribution in [-0.4, -0.2) is 44.1 Å². The molecule has 5 rings (SSSR count). The van der Waals surface area contributed by atoms with E-state index >= 15 is 0 Å². The molecule has 0 aliphatic carbocycles. The molecule has 1 aromatic heterocycles. The summed E-state index contributed by atoms with van der Waals surface area (Å²) in [4.78, 5) is 19.5. The second kappa shape index (κ2) is 7.69. The molecule has 3 aromatic rings. The average molecular weight is 421 g/mol. The van der Waals surface area contributed by atoms with Crippen molar-refractivity contribution < 1.29 is 14.3 Å². The first-order chi connectivity index (χ1) is 14.6. The first kappa shape index (κ1) is 19.0. The molecule has 1 amide bonds. The molecular weight excluding hydrogens is 396 g/mol. The Labute approximate surface area is 180 Å². The summed E-state index contributed by atoms with van der Waals surface area (Å²) in [5.41, 5.74) is 4.59. The fourth-order valence-corrected chi connectivity index (χ4v) is 5.43. The van der Waals surface area contributed by atoms with Gasteiger partial charge in [0.15, 0.2) is 0 Å². The fourth-order valence-electron chi connectivity index (χ4n) is 4.18. The topological polar surface area (TPSA) is 42.0 Å². The van der Waals surface area contributed by atoms with Crippen LogP contribution in [0.1, 0.15) is 20.8 Å². The number of rotatable bonds is 3. The number of carbonyl (C=O) groups is 1. The van der Waals surface area contributed by atoms with Gasteiger partial charge in [-0.3, -0.25) is 4.79 Å².